The van der Waals surface area contributed by atoms with Crippen LogP contribution in [-0.2, 0) is 31.9 Å². The Balaban J connectivity index is 2.02. The largest absolute Gasteiger partial charge is 0.461 e. The molecule has 0 saturated carbocycles. The lowest BCUT2D eigenvalue weighted by atomic mass is 9.86. The van der Waals surface area contributed by atoms with Crippen molar-refractivity contribution in [1.29, 1.82) is 0 Å². The standard InChI is InChI=1S/C21H22O8/c1-11(22)27-19-16-15(24)10-14(9-8-13-6-4-3-5-7-13)29-20(16)21(28-12(2)23)18(26)17(19)25/h3-7,10,17-19,21,25-26H,8-9H2,1-2H3/t17-,18+,19-,21-/m0/s1. The maximum absolute atomic E-state index is 12.8. The Morgan fingerprint density at radius 3 is 2.17 bits per heavy atom. The van der Waals surface area contributed by atoms with Crippen LogP contribution in [0.3, 0.4) is 0 Å². The minimum absolute atomic E-state index is 0.125. The fourth-order valence-corrected chi connectivity index (χ4v) is 3.39. The highest BCUT2D eigenvalue weighted by molar-refractivity contribution is 5.67. The first-order valence-electron chi connectivity index (χ1n) is 9.19. The van der Waals surface area contributed by atoms with E-state index in [1.54, 1.807) is 0 Å². The third-order valence-electron chi connectivity index (χ3n) is 4.67. The van der Waals surface area contributed by atoms with Crippen LogP contribution in [0, 0.1) is 0 Å². The van der Waals surface area contributed by atoms with E-state index in [1.165, 1.54) is 6.07 Å². The number of aliphatic hydroxyl groups excluding tert-OH is 2. The monoisotopic (exact) mass is 402 g/mol. The van der Waals surface area contributed by atoms with E-state index in [2.05, 4.69) is 0 Å². The van der Waals surface area contributed by atoms with Crippen LogP contribution in [0.5, 0.6) is 0 Å². The highest BCUT2D eigenvalue weighted by Gasteiger charge is 2.48. The molecule has 2 aromatic rings. The zero-order valence-corrected chi connectivity index (χ0v) is 16.0. The molecule has 0 fully saturated rings. The summed E-state index contributed by atoms with van der Waals surface area (Å²) in [7, 11) is 0. The molecule has 154 valence electrons. The van der Waals surface area contributed by atoms with Crippen molar-refractivity contribution in [3.8, 4) is 0 Å². The summed E-state index contributed by atoms with van der Waals surface area (Å²) in [5.41, 5.74) is 0.356. The van der Waals surface area contributed by atoms with E-state index in [9.17, 15) is 24.6 Å². The molecule has 29 heavy (non-hydrogen) atoms. The minimum Gasteiger partial charge on any atom is -0.461 e. The molecule has 0 unspecified atom stereocenters. The summed E-state index contributed by atoms with van der Waals surface area (Å²) in [6.07, 6.45) is -5.13. The number of hydrogen-bond donors (Lipinski definition) is 2. The maximum atomic E-state index is 12.8. The van der Waals surface area contributed by atoms with Gasteiger partial charge >= 0.3 is 11.9 Å². The number of aliphatic hydroxyl groups is 2. The Kier molecular flexibility index (Phi) is 6.14. The van der Waals surface area contributed by atoms with Gasteiger partial charge in [-0.3, -0.25) is 14.4 Å². The number of aryl methyl sites for hydroxylation is 2. The van der Waals surface area contributed by atoms with Crippen LogP contribution in [0.1, 0.15) is 48.7 Å². The smallest absolute Gasteiger partial charge is 0.303 e. The lowest BCUT2D eigenvalue weighted by Gasteiger charge is -2.36. The molecule has 0 spiro atoms. The van der Waals surface area contributed by atoms with E-state index < -0.39 is 41.8 Å². The molecule has 4 atom stereocenters. The van der Waals surface area contributed by atoms with Crippen LogP contribution >= 0.6 is 0 Å². The lowest BCUT2D eigenvalue weighted by molar-refractivity contribution is -0.183. The molecule has 1 heterocycles. The highest BCUT2D eigenvalue weighted by atomic mass is 16.6. The van der Waals surface area contributed by atoms with Crippen LogP contribution in [-0.4, -0.2) is 34.4 Å². The molecular formula is C21H22O8. The average molecular weight is 402 g/mol. The predicted octanol–water partition coefficient (Wildman–Crippen LogP) is 1.37. The summed E-state index contributed by atoms with van der Waals surface area (Å²) in [6, 6.07) is 10.8. The topological polar surface area (TPSA) is 123 Å². The van der Waals surface area contributed by atoms with Gasteiger partial charge in [-0.1, -0.05) is 30.3 Å². The third-order valence-corrected chi connectivity index (χ3v) is 4.67. The molecule has 8 nitrogen and oxygen atoms in total. The Labute approximate surface area is 166 Å². The van der Waals surface area contributed by atoms with Gasteiger partial charge in [0.25, 0.3) is 0 Å². The zero-order valence-electron chi connectivity index (χ0n) is 16.0. The van der Waals surface area contributed by atoms with Gasteiger partial charge in [-0.2, -0.15) is 0 Å². The Hall–Kier alpha value is -2.97. The molecule has 0 radical (unpaired) electrons. The first kappa shape index (κ1) is 20.8. The van der Waals surface area contributed by atoms with E-state index in [0.717, 1.165) is 19.4 Å². The van der Waals surface area contributed by atoms with Crippen molar-refractivity contribution in [3.63, 3.8) is 0 Å². The quantitative estimate of drug-likeness (QED) is 0.719. The van der Waals surface area contributed by atoms with Gasteiger partial charge in [0.1, 0.15) is 18.0 Å². The fourth-order valence-electron chi connectivity index (χ4n) is 3.39. The Morgan fingerprint density at radius 1 is 0.966 bits per heavy atom. The van der Waals surface area contributed by atoms with Crippen molar-refractivity contribution in [3.05, 3.63) is 69.3 Å². The van der Waals surface area contributed by atoms with Gasteiger partial charge in [-0.25, -0.2) is 0 Å². The van der Waals surface area contributed by atoms with E-state index in [1.807, 2.05) is 30.3 Å². The number of benzene rings is 1. The molecule has 1 aliphatic carbocycles. The van der Waals surface area contributed by atoms with Crippen LogP contribution < -0.4 is 5.43 Å². The first-order chi connectivity index (χ1) is 13.8. The molecule has 0 amide bonds. The van der Waals surface area contributed by atoms with E-state index in [0.29, 0.717) is 18.6 Å². The molecular weight excluding hydrogens is 380 g/mol. The van der Waals surface area contributed by atoms with E-state index in [4.69, 9.17) is 13.9 Å². The van der Waals surface area contributed by atoms with Crippen molar-refractivity contribution >= 4 is 11.9 Å². The summed E-state index contributed by atoms with van der Waals surface area (Å²) < 4.78 is 16.0. The normalized spacial score (nSPS) is 23.2. The summed E-state index contributed by atoms with van der Waals surface area (Å²) in [6.45, 7) is 2.25. The van der Waals surface area contributed by atoms with Crippen molar-refractivity contribution in [1.82, 2.24) is 0 Å². The van der Waals surface area contributed by atoms with Gasteiger partial charge in [-0.15, -0.1) is 0 Å². The SMILES string of the molecule is CC(=O)O[C@@H]1c2oc(CCc3ccccc3)cc(=O)c2[C@H](OC(C)=O)[C@@H](O)[C@H]1O. The molecule has 0 saturated heterocycles. The fraction of sp³-hybridized carbons (Fsp3) is 0.381. The molecule has 0 aliphatic heterocycles. The van der Waals surface area contributed by atoms with E-state index >= 15 is 0 Å². The van der Waals surface area contributed by atoms with Crippen molar-refractivity contribution in [2.45, 2.75) is 51.1 Å². The summed E-state index contributed by atoms with van der Waals surface area (Å²) in [5.74, 6) is -1.28. The van der Waals surface area contributed by atoms with Crippen molar-refractivity contribution in [2.24, 2.45) is 0 Å². The van der Waals surface area contributed by atoms with Gasteiger partial charge < -0.3 is 24.1 Å². The van der Waals surface area contributed by atoms with Gasteiger partial charge in [0, 0.05) is 26.3 Å². The van der Waals surface area contributed by atoms with Crippen LogP contribution in [0.4, 0.5) is 0 Å². The van der Waals surface area contributed by atoms with Gasteiger partial charge in [-0.05, 0) is 12.0 Å². The second-order valence-electron chi connectivity index (χ2n) is 6.88. The van der Waals surface area contributed by atoms with Crippen molar-refractivity contribution < 1.29 is 33.7 Å². The lowest BCUT2D eigenvalue weighted by Crippen LogP contribution is -2.46. The highest BCUT2D eigenvalue weighted by Crippen LogP contribution is 2.39. The number of carbonyl (C=O) groups is 2. The number of esters is 2. The Morgan fingerprint density at radius 2 is 1.55 bits per heavy atom. The molecule has 2 N–H and O–H groups in total. The van der Waals surface area contributed by atoms with Gasteiger partial charge in [0.05, 0.1) is 5.56 Å². The van der Waals surface area contributed by atoms with Crippen LogP contribution in [0.15, 0.2) is 45.6 Å². The molecule has 3 rings (SSSR count). The minimum atomic E-state index is -1.66. The molecule has 1 aliphatic rings. The second kappa shape index (κ2) is 8.59. The number of carbonyl (C=O) groups excluding carboxylic acids is 2. The van der Waals surface area contributed by atoms with Crippen LogP contribution in [0.2, 0.25) is 0 Å². The second-order valence-corrected chi connectivity index (χ2v) is 6.88. The van der Waals surface area contributed by atoms with Gasteiger partial charge in [0.2, 0.25) is 0 Å². The molecule has 1 aromatic carbocycles. The van der Waals surface area contributed by atoms with E-state index in [-0.39, 0.29) is 11.3 Å². The van der Waals surface area contributed by atoms with Crippen LogP contribution in [0.25, 0.3) is 0 Å². The molecule has 8 heteroatoms. The summed E-state index contributed by atoms with van der Waals surface area (Å²) in [5, 5.41) is 20.8. The molecule has 0 bridgehead atoms. The zero-order chi connectivity index (χ0) is 21.1. The third kappa shape index (κ3) is 4.55. The van der Waals surface area contributed by atoms with Gasteiger partial charge in [0.15, 0.2) is 23.4 Å². The average Bonchev–Trinajstić information content (AvgIpc) is 2.67. The molecule has 1 aromatic heterocycles. The summed E-state index contributed by atoms with van der Waals surface area (Å²) >= 11 is 0. The maximum Gasteiger partial charge on any atom is 0.303 e. The predicted molar refractivity (Wildman–Crippen MR) is 99.9 cm³/mol. The number of hydrogen-bond acceptors (Lipinski definition) is 8. The number of rotatable bonds is 5. The summed E-state index contributed by atoms with van der Waals surface area (Å²) in [4.78, 5) is 35.7. The number of fused-ring (bicyclic) bond motifs is 1. The Bertz CT molecular complexity index is 949. The first-order valence-corrected chi connectivity index (χ1v) is 9.19. The van der Waals surface area contributed by atoms with Crippen molar-refractivity contribution in [2.75, 3.05) is 0 Å². The number of ether oxygens (including phenoxy) is 2.